The van der Waals surface area contributed by atoms with E-state index in [1.54, 1.807) is 7.11 Å². The summed E-state index contributed by atoms with van der Waals surface area (Å²) in [4.78, 5) is 0. The number of aliphatic hydroxyl groups excluding tert-OH is 1. The van der Waals surface area contributed by atoms with Gasteiger partial charge >= 0.3 is 0 Å². The van der Waals surface area contributed by atoms with Crippen LogP contribution in [0, 0.1) is 0 Å². The number of hydrogen-bond donors (Lipinski definition) is 1. The molecule has 0 unspecified atom stereocenters. The van der Waals surface area contributed by atoms with Gasteiger partial charge in [0.15, 0.2) is 11.5 Å². The maximum Gasteiger partial charge on any atom is 0.161 e. The molecule has 0 atom stereocenters. The van der Waals surface area contributed by atoms with Gasteiger partial charge in [0, 0.05) is 5.41 Å². The Hall–Kier alpha value is -1.22. The third kappa shape index (κ3) is 1.87. The van der Waals surface area contributed by atoms with Crippen molar-refractivity contribution in [2.45, 2.75) is 25.2 Å². The molecule has 88 valence electrons. The van der Waals surface area contributed by atoms with Gasteiger partial charge in [0.1, 0.15) is 0 Å². The van der Waals surface area contributed by atoms with E-state index in [0.29, 0.717) is 6.61 Å². The zero-order valence-corrected chi connectivity index (χ0v) is 9.82. The molecule has 3 heteroatoms. The van der Waals surface area contributed by atoms with E-state index in [1.807, 2.05) is 25.1 Å². The molecule has 0 spiro atoms. The fraction of sp³-hybridized carbons (Fsp3) is 0.538. The van der Waals surface area contributed by atoms with Gasteiger partial charge < -0.3 is 14.6 Å². The van der Waals surface area contributed by atoms with E-state index >= 15 is 0 Å². The highest BCUT2D eigenvalue weighted by Crippen LogP contribution is 2.49. The molecule has 0 heterocycles. The number of methoxy groups -OCH3 is 1. The van der Waals surface area contributed by atoms with E-state index in [1.165, 1.54) is 0 Å². The van der Waals surface area contributed by atoms with E-state index < -0.39 is 0 Å². The van der Waals surface area contributed by atoms with Crippen molar-refractivity contribution in [2.75, 3.05) is 20.3 Å². The predicted molar refractivity (Wildman–Crippen MR) is 62.2 cm³/mol. The van der Waals surface area contributed by atoms with Gasteiger partial charge in [-0.25, -0.2) is 0 Å². The molecule has 16 heavy (non-hydrogen) atoms. The molecular formula is C13H18O3. The Balaban J connectivity index is 2.31. The zero-order chi connectivity index (χ0) is 11.6. The van der Waals surface area contributed by atoms with Crippen LogP contribution in [0.25, 0.3) is 0 Å². The number of aliphatic hydroxyl groups is 1. The molecule has 0 aromatic heterocycles. The Morgan fingerprint density at radius 1 is 1.31 bits per heavy atom. The van der Waals surface area contributed by atoms with Crippen LogP contribution >= 0.6 is 0 Å². The Morgan fingerprint density at radius 2 is 2.06 bits per heavy atom. The largest absolute Gasteiger partial charge is 0.493 e. The fourth-order valence-corrected chi connectivity index (χ4v) is 1.96. The Labute approximate surface area is 96.0 Å². The van der Waals surface area contributed by atoms with Crippen molar-refractivity contribution in [2.24, 2.45) is 0 Å². The lowest BCUT2D eigenvalue weighted by molar-refractivity contribution is 0.254. The molecule has 1 fully saturated rings. The normalized spacial score (nSPS) is 16.9. The number of rotatable bonds is 5. The highest BCUT2D eigenvalue weighted by atomic mass is 16.5. The molecule has 0 bridgehead atoms. The SMILES string of the molecule is CCOc1cc(C2(CO)CC2)ccc1OC. The Kier molecular flexibility index (Phi) is 3.06. The average Bonchev–Trinajstić information content (AvgIpc) is 3.10. The molecule has 0 amide bonds. The summed E-state index contributed by atoms with van der Waals surface area (Å²) in [5, 5.41) is 9.39. The molecule has 1 aliphatic rings. The van der Waals surface area contributed by atoms with Crippen LogP contribution in [-0.2, 0) is 5.41 Å². The van der Waals surface area contributed by atoms with Crippen LogP contribution in [0.5, 0.6) is 11.5 Å². The summed E-state index contributed by atoms with van der Waals surface area (Å²) >= 11 is 0. The molecule has 1 aromatic rings. The van der Waals surface area contributed by atoms with E-state index in [9.17, 15) is 5.11 Å². The molecule has 2 rings (SSSR count). The molecule has 0 aliphatic heterocycles. The third-order valence-corrected chi connectivity index (χ3v) is 3.23. The van der Waals surface area contributed by atoms with Gasteiger partial charge in [0.2, 0.25) is 0 Å². The zero-order valence-electron chi connectivity index (χ0n) is 9.82. The molecule has 1 saturated carbocycles. The predicted octanol–water partition coefficient (Wildman–Crippen LogP) is 2.12. The van der Waals surface area contributed by atoms with E-state index in [0.717, 1.165) is 29.9 Å². The average molecular weight is 222 g/mol. The van der Waals surface area contributed by atoms with Crippen LogP contribution in [-0.4, -0.2) is 25.4 Å². The van der Waals surface area contributed by atoms with E-state index in [4.69, 9.17) is 9.47 Å². The second-order valence-electron chi connectivity index (χ2n) is 4.24. The highest BCUT2D eigenvalue weighted by molar-refractivity contribution is 5.46. The molecule has 1 N–H and O–H groups in total. The van der Waals surface area contributed by atoms with E-state index in [2.05, 4.69) is 0 Å². The molecule has 0 radical (unpaired) electrons. The lowest BCUT2D eigenvalue weighted by Gasteiger charge is -2.16. The first-order valence-electron chi connectivity index (χ1n) is 5.68. The summed E-state index contributed by atoms with van der Waals surface area (Å²) in [5.74, 6) is 1.52. The van der Waals surface area contributed by atoms with Crippen molar-refractivity contribution in [1.29, 1.82) is 0 Å². The number of benzene rings is 1. The first-order chi connectivity index (χ1) is 7.75. The van der Waals surface area contributed by atoms with Gasteiger partial charge in [-0.15, -0.1) is 0 Å². The van der Waals surface area contributed by atoms with Crippen LogP contribution in [0.4, 0.5) is 0 Å². The maximum atomic E-state index is 9.39. The standard InChI is InChI=1S/C13H18O3/c1-3-16-12-8-10(4-5-11(12)15-2)13(9-14)6-7-13/h4-5,8,14H,3,6-7,9H2,1-2H3. The van der Waals surface area contributed by atoms with Crippen molar-refractivity contribution < 1.29 is 14.6 Å². The summed E-state index contributed by atoms with van der Waals surface area (Å²) in [7, 11) is 1.64. The monoisotopic (exact) mass is 222 g/mol. The molecule has 1 aliphatic carbocycles. The van der Waals surface area contributed by atoms with Crippen molar-refractivity contribution in [3.63, 3.8) is 0 Å². The van der Waals surface area contributed by atoms with Crippen molar-refractivity contribution in [1.82, 2.24) is 0 Å². The van der Waals surface area contributed by atoms with Crippen molar-refractivity contribution >= 4 is 0 Å². The topological polar surface area (TPSA) is 38.7 Å². The lowest BCUT2D eigenvalue weighted by Crippen LogP contribution is -2.12. The number of hydrogen-bond acceptors (Lipinski definition) is 3. The quantitative estimate of drug-likeness (QED) is 0.829. The highest BCUT2D eigenvalue weighted by Gasteiger charge is 2.43. The minimum Gasteiger partial charge on any atom is -0.493 e. The number of ether oxygens (including phenoxy) is 2. The summed E-state index contributed by atoms with van der Waals surface area (Å²) in [6.45, 7) is 2.78. The fourth-order valence-electron chi connectivity index (χ4n) is 1.96. The summed E-state index contributed by atoms with van der Waals surface area (Å²) in [5.41, 5.74) is 1.14. The van der Waals surface area contributed by atoms with Gasteiger partial charge in [-0.05, 0) is 37.5 Å². The molecular weight excluding hydrogens is 204 g/mol. The van der Waals surface area contributed by atoms with Crippen LogP contribution in [0.15, 0.2) is 18.2 Å². The molecule has 0 saturated heterocycles. The van der Waals surface area contributed by atoms with Gasteiger partial charge in [0.05, 0.1) is 20.3 Å². The van der Waals surface area contributed by atoms with Gasteiger partial charge in [-0.3, -0.25) is 0 Å². The van der Waals surface area contributed by atoms with Crippen LogP contribution < -0.4 is 9.47 Å². The summed E-state index contributed by atoms with van der Waals surface area (Å²) in [6, 6.07) is 5.92. The first kappa shape index (κ1) is 11.3. The van der Waals surface area contributed by atoms with Crippen LogP contribution in [0.3, 0.4) is 0 Å². The van der Waals surface area contributed by atoms with Crippen molar-refractivity contribution in [3.05, 3.63) is 23.8 Å². The lowest BCUT2D eigenvalue weighted by atomic mass is 9.96. The Morgan fingerprint density at radius 3 is 2.56 bits per heavy atom. The summed E-state index contributed by atoms with van der Waals surface area (Å²) < 4.78 is 10.8. The first-order valence-corrected chi connectivity index (χ1v) is 5.68. The van der Waals surface area contributed by atoms with Crippen molar-refractivity contribution in [3.8, 4) is 11.5 Å². The van der Waals surface area contributed by atoms with E-state index in [-0.39, 0.29) is 12.0 Å². The van der Waals surface area contributed by atoms with Crippen LogP contribution in [0.1, 0.15) is 25.3 Å². The van der Waals surface area contributed by atoms with Gasteiger partial charge in [0.25, 0.3) is 0 Å². The Bertz CT molecular complexity index is 369. The van der Waals surface area contributed by atoms with Gasteiger partial charge in [-0.2, -0.15) is 0 Å². The smallest absolute Gasteiger partial charge is 0.161 e. The minimum atomic E-state index is -0.0158. The van der Waals surface area contributed by atoms with Gasteiger partial charge in [-0.1, -0.05) is 6.07 Å². The molecule has 1 aromatic carbocycles. The maximum absolute atomic E-state index is 9.39. The second kappa shape index (κ2) is 4.34. The third-order valence-electron chi connectivity index (χ3n) is 3.23. The second-order valence-corrected chi connectivity index (χ2v) is 4.24. The van der Waals surface area contributed by atoms with Crippen LogP contribution in [0.2, 0.25) is 0 Å². The molecule has 3 nitrogen and oxygen atoms in total. The minimum absolute atomic E-state index is 0.0158. The summed E-state index contributed by atoms with van der Waals surface area (Å²) in [6.07, 6.45) is 2.11.